The van der Waals surface area contributed by atoms with Crippen molar-refractivity contribution in [3.8, 4) is 90.2 Å². The summed E-state index contributed by atoms with van der Waals surface area (Å²) >= 11 is 0. The topological polar surface area (TPSA) is 47.9 Å². The van der Waals surface area contributed by atoms with Crippen molar-refractivity contribution in [2.24, 2.45) is 0 Å². The molecule has 2 heterocycles. The Labute approximate surface area is 307 Å². The number of benzene rings is 8. The molecule has 8 aromatic carbocycles. The van der Waals surface area contributed by atoms with Gasteiger partial charge in [0.05, 0.1) is 0 Å². The van der Waals surface area contributed by atoms with Crippen LogP contribution < -0.4 is 4.74 Å². The smallest absolute Gasteiger partial charge is 0.164 e. The highest BCUT2D eigenvalue weighted by molar-refractivity contribution is 6.04. The summed E-state index contributed by atoms with van der Waals surface area (Å²) in [6.45, 7) is 0. The van der Waals surface area contributed by atoms with Crippen molar-refractivity contribution in [1.29, 1.82) is 0 Å². The fourth-order valence-corrected chi connectivity index (χ4v) is 7.20. The maximum absolute atomic E-state index is 6.34. The fourth-order valence-electron chi connectivity index (χ4n) is 7.20. The van der Waals surface area contributed by atoms with Crippen molar-refractivity contribution in [1.82, 2.24) is 15.0 Å². The monoisotopic (exact) mass is 677 g/mol. The molecule has 0 saturated carbocycles. The lowest BCUT2D eigenvalue weighted by Crippen LogP contribution is -2.00. The standard InChI is InChI=1S/C49H31N3O/c1-3-9-32(10-4-1)33-17-19-34(20-18-33)35-21-25-39(26-22-35)48-50-47(38-11-5-2-6-12-38)51-49(52-48)40-27-23-36(24-28-40)41-29-30-44-43(31-41)42-15-7-13-37-14-8-16-45(53-44)46(37)42/h1-31H. The summed E-state index contributed by atoms with van der Waals surface area (Å²) in [5.74, 6) is 3.67. The summed E-state index contributed by atoms with van der Waals surface area (Å²) in [5, 5.41) is 2.33. The van der Waals surface area contributed by atoms with Crippen molar-refractivity contribution >= 4 is 10.8 Å². The lowest BCUT2D eigenvalue weighted by Gasteiger charge is -2.22. The van der Waals surface area contributed by atoms with Crippen LogP contribution >= 0.6 is 0 Å². The molecule has 53 heavy (non-hydrogen) atoms. The van der Waals surface area contributed by atoms with E-state index in [4.69, 9.17) is 19.7 Å². The number of ether oxygens (including phenoxy) is 1. The van der Waals surface area contributed by atoms with E-state index in [2.05, 4.69) is 140 Å². The second kappa shape index (κ2) is 12.9. The molecule has 0 unspecified atom stereocenters. The van der Waals surface area contributed by atoms with Crippen LogP contribution in [-0.4, -0.2) is 15.0 Å². The number of rotatable bonds is 6. The second-order valence-electron chi connectivity index (χ2n) is 13.2. The zero-order chi connectivity index (χ0) is 35.1. The van der Waals surface area contributed by atoms with Crippen molar-refractivity contribution < 1.29 is 4.74 Å². The van der Waals surface area contributed by atoms with E-state index in [-0.39, 0.29) is 0 Å². The highest BCUT2D eigenvalue weighted by Crippen LogP contribution is 2.47. The van der Waals surface area contributed by atoms with Crippen LogP contribution in [0.4, 0.5) is 0 Å². The highest BCUT2D eigenvalue weighted by atomic mass is 16.5. The van der Waals surface area contributed by atoms with Gasteiger partial charge < -0.3 is 4.74 Å². The van der Waals surface area contributed by atoms with Crippen LogP contribution in [0.25, 0.3) is 89.4 Å². The maximum atomic E-state index is 6.34. The maximum Gasteiger partial charge on any atom is 0.164 e. The van der Waals surface area contributed by atoms with Gasteiger partial charge in [-0.25, -0.2) is 15.0 Å². The average molecular weight is 678 g/mol. The van der Waals surface area contributed by atoms with E-state index in [0.717, 1.165) is 61.4 Å². The van der Waals surface area contributed by atoms with E-state index in [1.807, 2.05) is 48.5 Å². The van der Waals surface area contributed by atoms with Crippen LogP contribution in [0.1, 0.15) is 0 Å². The summed E-state index contributed by atoms with van der Waals surface area (Å²) in [6.07, 6.45) is 0. The molecule has 1 aliphatic heterocycles. The molecule has 4 heteroatoms. The Morgan fingerprint density at radius 1 is 0.283 bits per heavy atom. The Morgan fingerprint density at radius 3 is 1.25 bits per heavy atom. The van der Waals surface area contributed by atoms with E-state index in [9.17, 15) is 0 Å². The number of hydrogen-bond acceptors (Lipinski definition) is 4. The van der Waals surface area contributed by atoms with Crippen molar-refractivity contribution in [2.75, 3.05) is 0 Å². The van der Waals surface area contributed by atoms with Crippen LogP contribution in [0.3, 0.4) is 0 Å². The largest absolute Gasteiger partial charge is 0.456 e. The van der Waals surface area contributed by atoms with Crippen LogP contribution in [-0.2, 0) is 0 Å². The summed E-state index contributed by atoms with van der Waals surface area (Å²) in [5.41, 5.74) is 12.0. The van der Waals surface area contributed by atoms with Crippen molar-refractivity contribution in [3.05, 3.63) is 188 Å². The Kier molecular flexibility index (Phi) is 7.43. The van der Waals surface area contributed by atoms with Crippen LogP contribution in [0.15, 0.2) is 188 Å². The molecule has 0 spiro atoms. The summed E-state index contributed by atoms with van der Waals surface area (Å²) in [6, 6.07) is 65.2. The van der Waals surface area contributed by atoms with E-state index in [1.165, 1.54) is 22.1 Å². The Bertz CT molecular complexity index is 2760. The molecule has 1 aromatic heterocycles. The average Bonchev–Trinajstić information content (AvgIpc) is 3.24. The van der Waals surface area contributed by atoms with Crippen molar-refractivity contribution in [3.63, 3.8) is 0 Å². The van der Waals surface area contributed by atoms with Gasteiger partial charge in [-0.3, -0.25) is 0 Å². The first-order chi connectivity index (χ1) is 26.2. The number of aromatic nitrogens is 3. The van der Waals surface area contributed by atoms with Gasteiger partial charge in [-0.1, -0.05) is 170 Å². The third-order valence-electron chi connectivity index (χ3n) is 9.97. The SMILES string of the molecule is c1ccc(-c2ccc(-c3ccc(-c4nc(-c5ccccc5)nc(-c5ccc(-c6ccc7c(c6)-c6cccc8cccc(c68)O7)cc5)n4)cc3)cc2)cc1. The van der Waals surface area contributed by atoms with Gasteiger partial charge in [0.25, 0.3) is 0 Å². The van der Waals surface area contributed by atoms with E-state index in [0.29, 0.717) is 17.5 Å². The number of hydrogen-bond donors (Lipinski definition) is 0. The van der Waals surface area contributed by atoms with Gasteiger partial charge in [0.2, 0.25) is 0 Å². The van der Waals surface area contributed by atoms with Crippen molar-refractivity contribution in [2.45, 2.75) is 0 Å². The minimum Gasteiger partial charge on any atom is -0.456 e. The van der Waals surface area contributed by atoms with Crippen LogP contribution in [0.5, 0.6) is 11.5 Å². The molecule has 9 aromatic rings. The number of fused-ring (bicyclic) bond motifs is 2. The second-order valence-corrected chi connectivity index (χ2v) is 13.2. The molecule has 248 valence electrons. The van der Waals surface area contributed by atoms with Gasteiger partial charge in [0.15, 0.2) is 17.5 Å². The minimum atomic E-state index is 0.628. The molecule has 0 radical (unpaired) electrons. The van der Waals surface area contributed by atoms with E-state index in [1.54, 1.807) is 0 Å². The van der Waals surface area contributed by atoms with Gasteiger partial charge in [-0.2, -0.15) is 0 Å². The van der Waals surface area contributed by atoms with Gasteiger partial charge >= 0.3 is 0 Å². The molecule has 0 aliphatic carbocycles. The summed E-state index contributed by atoms with van der Waals surface area (Å²) < 4.78 is 6.34. The van der Waals surface area contributed by atoms with Gasteiger partial charge in [0.1, 0.15) is 11.5 Å². The first-order valence-electron chi connectivity index (χ1n) is 17.8. The molecule has 0 amide bonds. The molecule has 0 fully saturated rings. The van der Waals surface area contributed by atoms with E-state index >= 15 is 0 Å². The Morgan fingerprint density at radius 2 is 0.698 bits per heavy atom. The molecule has 1 aliphatic rings. The molecule has 4 nitrogen and oxygen atoms in total. The predicted molar refractivity (Wildman–Crippen MR) is 215 cm³/mol. The van der Waals surface area contributed by atoms with Gasteiger partial charge in [-0.05, 0) is 62.5 Å². The number of nitrogens with zero attached hydrogens (tertiary/aromatic N) is 3. The predicted octanol–water partition coefficient (Wildman–Crippen LogP) is 12.8. The first-order valence-corrected chi connectivity index (χ1v) is 17.8. The lowest BCUT2D eigenvalue weighted by atomic mass is 9.92. The molecule has 10 rings (SSSR count). The van der Waals surface area contributed by atoms with E-state index < -0.39 is 0 Å². The van der Waals surface area contributed by atoms with Crippen LogP contribution in [0, 0.1) is 0 Å². The third kappa shape index (κ3) is 5.73. The lowest BCUT2D eigenvalue weighted by molar-refractivity contribution is 0.487. The minimum absolute atomic E-state index is 0.628. The zero-order valence-electron chi connectivity index (χ0n) is 28.6. The van der Waals surface area contributed by atoms with Crippen LogP contribution in [0.2, 0.25) is 0 Å². The fraction of sp³-hybridized carbons (Fsp3) is 0. The molecule has 0 atom stereocenters. The molecular weight excluding hydrogens is 647 g/mol. The summed E-state index contributed by atoms with van der Waals surface area (Å²) in [4.78, 5) is 14.9. The Balaban J connectivity index is 0.974. The quantitative estimate of drug-likeness (QED) is 0.176. The van der Waals surface area contributed by atoms with Gasteiger partial charge in [0, 0.05) is 27.6 Å². The summed E-state index contributed by atoms with van der Waals surface area (Å²) in [7, 11) is 0. The Hall–Kier alpha value is -7.17. The third-order valence-corrected chi connectivity index (χ3v) is 9.97. The normalized spacial score (nSPS) is 11.5. The highest BCUT2D eigenvalue weighted by Gasteiger charge is 2.20. The first kappa shape index (κ1) is 30.6. The zero-order valence-corrected chi connectivity index (χ0v) is 28.6. The molecular formula is C49H31N3O. The van der Waals surface area contributed by atoms with Gasteiger partial charge in [-0.15, -0.1) is 0 Å². The molecule has 0 N–H and O–H groups in total. The molecule has 0 saturated heterocycles. The molecule has 0 bridgehead atoms.